The lowest BCUT2D eigenvalue weighted by atomic mass is 10.2. The smallest absolute Gasteiger partial charge is 0.332 e. The second-order valence-electron chi connectivity index (χ2n) is 4.48. The standard InChI is InChI=1S/C12H12N4O3/c1-7-5-8(14-19-7)6-16-11(17)9-3-4-13-10(9)15(2)12(16)18/h4-5H,3,6H2,1-2H3. The Hall–Kier alpha value is -2.44. The molecule has 0 saturated carbocycles. The van der Waals surface area contributed by atoms with E-state index in [1.54, 1.807) is 26.3 Å². The lowest BCUT2D eigenvalue weighted by Gasteiger charge is -2.09. The Kier molecular flexibility index (Phi) is 2.48. The van der Waals surface area contributed by atoms with Gasteiger partial charge in [0, 0.05) is 25.7 Å². The van der Waals surface area contributed by atoms with Gasteiger partial charge in [0.25, 0.3) is 5.56 Å². The molecule has 98 valence electrons. The Morgan fingerprint density at radius 3 is 2.89 bits per heavy atom. The molecule has 7 nitrogen and oxygen atoms in total. The fourth-order valence-corrected chi connectivity index (χ4v) is 2.18. The van der Waals surface area contributed by atoms with Crippen molar-refractivity contribution in [2.45, 2.75) is 19.9 Å². The first-order valence-corrected chi connectivity index (χ1v) is 5.85. The van der Waals surface area contributed by atoms with E-state index in [2.05, 4.69) is 10.1 Å². The first kappa shape index (κ1) is 11.6. The summed E-state index contributed by atoms with van der Waals surface area (Å²) in [6.07, 6.45) is 2.09. The molecule has 0 atom stereocenters. The van der Waals surface area contributed by atoms with Crippen LogP contribution in [0.1, 0.15) is 17.0 Å². The van der Waals surface area contributed by atoms with Crippen molar-refractivity contribution in [3.05, 3.63) is 43.9 Å². The van der Waals surface area contributed by atoms with Crippen LogP contribution in [0.15, 0.2) is 25.2 Å². The minimum atomic E-state index is -0.400. The molecule has 1 aliphatic rings. The van der Waals surface area contributed by atoms with E-state index in [9.17, 15) is 9.59 Å². The summed E-state index contributed by atoms with van der Waals surface area (Å²) < 4.78 is 7.48. The highest BCUT2D eigenvalue weighted by Gasteiger charge is 2.19. The quantitative estimate of drug-likeness (QED) is 0.769. The second-order valence-corrected chi connectivity index (χ2v) is 4.48. The summed E-state index contributed by atoms with van der Waals surface area (Å²) in [5, 5.41) is 3.80. The largest absolute Gasteiger partial charge is 0.361 e. The predicted octanol–water partition coefficient (Wildman–Crippen LogP) is 0.150. The molecule has 2 aromatic rings. The molecular weight excluding hydrogens is 248 g/mol. The summed E-state index contributed by atoms with van der Waals surface area (Å²) in [5.41, 5.74) is 0.387. The van der Waals surface area contributed by atoms with Crippen molar-refractivity contribution in [2.24, 2.45) is 12.0 Å². The van der Waals surface area contributed by atoms with Crippen LogP contribution in [0, 0.1) is 6.92 Å². The van der Waals surface area contributed by atoms with Crippen LogP contribution < -0.4 is 11.2 Å². The van der Waals surface area contributed by atoms with E-state index in [0.717, 1.165) is 4.57 Å². The number of aryl methyl sites for hydroxylation is 1. The van der Waals surface area contributed by atoms with Gasteiger partial charge in [0.1, 0.15) is 17.3 Å². The van der Waals surface area contributed by atoms with Crippen LogP contribution in [-0.4, -0.2) is 20.5 Å². The topological polar surface area (TPSA) is 82.4 Å². The molecule has 0 spiro atoms. The summed E-state index contributed by atoms with van der Waals surface area (Å²) in [4.78, 5) is 28.5. The van der Waals surface area contributed by atoms with E-state index in [1.807, 2.05) is 0 Å². The molecule has 0 unspecified atom stereocenters. The first-order chi connectivity index (χ1) is 9.08. The molecule has 0 amide bonds. The molecule has 3 rings (SSSR count). The monoisotopic (exact) mass is 260 g/mol. The molecule has 3 heterocycles. The number of nitrogens with zero attached hydrogens (tertiary/aromatic N) is 4. The van der Waals surface area contributed by atoms with Crippen molar-refractivity contribution < 1.29 is 4.52 Å². The first-order valence-electron chi connectivity index (χ1n) is 5.85. The highest BCUT2D eigenvalue weighted by molar-refractivity contribution is 5.73. The number of fused-ring (bicyclic) bond motifs is 1. The van der Waals surface area contributed by atoms with Crippen molar-refractivity contribution in [3.63, 3.8) is 0 Å². The molecule has 0 bridgehead atoms. The molecule has 7 heteroatoms. The molecule has 0 saturated heterocycles. The number of hydrogen-bond acceptors (Lipinski definition) is 5. The Balaban J connectivity index is 2.16. The normalized spacial score (nSPS) is 12.9. The summed E-state index contributed by atoms with van der Waals surface area (Å²) in [7, 11) is 1.60. The summed E-state index contributed by atoms with van der Waals surface area (Å²) in [6, 6.07) is 1.70. The molecule has 0 aromatic carbocycles. The third-order valence-electron chi connectivity index (χ3n) is 3.11. The van der Waals surface area contributed by atoms with E-state index in [4.69, 9.17) is 4.52 Å². The zero-order valence-electron chi connectivity index (χ0n) is 10.6. The number of aliphatic imine (C=N–C) groups is 1. The van der Waals surface area contributed by atoms with E-state index in [0.29, 0.717) is 29.3 Å². The van der Waals surface area contributed by atoms with Gasteiger partial charge in [-0.3, -0.25) is 13.9 Å². The Bertz CT molecular complexity index is 794. The summed E-state index contributed by atoms with van der Waals surface area (Å²) in [5.74, 6) is 1.09. The summed E-state index contributed by atoms with van der Waals surface area (Å²) >= 11 is 0. The van der Waals surface area contributed by atoms with Gasteiger partial charge >= 0.3 is 5.69 Å². The third kappa shape index (κ3) is 1.74. The zero-order valence-corrected chi connectivity index (χ0v) is 10.6. The molecule has 0 fully saturated rings. The maximum atomic E-state index is 12.3. The number of aromatic nitrogens is 3. The van der Waals surface area contributed by atoms with Gasteiger partial charge in [-0.1, -0.05) is 5.16 Å². The molecule has 0 aliphatic carbocycles. The highest BCUT2D eigenvalue weighted by atomic mass is 16.5. The zero-order chi connectivity index (χ0) is 13.6. The SMILES string of the molecule is Cc1cc(Cn2c(=O)c3c(n(C)c2=O)N=CC3)no1. The minimum Gasteiger partial charge on any atom is -0.361 e. The van der Waals surface area contributed by atoms with Gasteiger partial charge < -0.3 is 4.52 Å². The van der Waals surface area contributed by atoms with Crippen molar-refractivity contribution in [3.8, 4) is 0 Å². The van der Waals surface area contributed by atoms with E-state index >= 15 is 0 Å². The molecule has 0 radical (unpaired) electrons. The van der Waals surface area contributed by atoms with E-state index < -0.39 is 5.69 Å². The lowest BCUT2D eigenvalue weighted by molar-refractivity contribution is 0.388. The van der Waals surface area contributed by atoms with Crippen molar-refractivity contribution in [2.75, 3.05) is 0 Å². The van der Waals surface area contributed by atoms with Gasteiger partial charge in [-0.2, -0.15) is 0 Å². The third-order valence-corrected chi connectivity index (χ3v) is 3.11. The van der Waals surface area contributed by atoms with Crippen LogP contribution in [-0.2, 0) is 20.0 Å². The van der Waals surface area contributed by atoms with Crippen LogP contribution in [0.4, 0.5) is 5.82 Å². The molecule has 0 N–H and O–H groups in total. The lowest BCUT2D eigenvalue weighted by Crippen LogP contribution is -2.40. The van der Waals surface area contributed by atoms with Gasteiger partial charge in [-0.05, 0) is 6.92 Å². The van der Waals surface area contributed by atoms with Crippen LogP contribution >= 0.6 is 0 Å². The van der Waals surface area contributed by atoms with Crippen molar-refractivity contribution in [1.82, 2.24) is 14.3 Å². The van der Waals surface area contributed by atoms with Crippen molar-refractivity contribution >= 4 is 12.0 Å². The van der Waals surface area contributed by atoms with Crippen LogP contribution in [0.3, 0.4) is 0 Å². The van der Waals surface area contributed by atoms with Crippen LogP contribution in [0.2, 0.25) is 0 Å². The molecule has 1 aliphatic heterocycles. The predicted molar refractivity (Wildman–Crippen MR) is 68.1 cm³/mol. The Labute approximate surface area is 107 Å². The Morgan fingerprint density at radius 2 is 2.21 bits per heavy atom. The van der Waals surface area contributed by atoms with Gasteiger partial charge in [0.05, 0.1) is 12.1 Å². The van der Waals surface area contributed by atoms with E-state index in [1.165, 1.54) is 4.57 Å². The number of hydrogen-bond donors (Lipinski definition) is 0. The average molecular weight is 260 g/mol. The maximum Gasteiger partial charge on any atom is 0.332 e. The Morgan fingerprint density at radius 1 is 1.42 bits per heavy atom. The van der Waals surface area contributed by atoms with Crippen LogP contribution in [0.5, 0.6) is 0 Å². The molecular formula is C12H12N4O3. The van der Waals surface area contributed by atoms with Crippen molar-refractivity contribution in [1.29, 1.82) is 0 Å². The highest BCUT2D eigenvalue weighted by Crippen LogP contribution is 2.17. The van der Waals surface area contributed by atoms with Gasteiger partial charge in [0.15, 0.2) is 0 Å². The fraction of sp³-hybridized carbons (Fsp3) is 0.333. The van der Waals surface area contributed by atoms with E-state index in [-0.39, 0.29) is 12.1 Å². The number of rotatable bonds is 2. The molecule has 19 heavy (non-hydrogen) atoms. The van der Waals surface area contributed by atoms with Gasteiger partial charge in [-0.15, -0.1) is 0 Å². The average Bonchev–Trinajstić information content (AvgIpc) is 3.01. The van der Waals surface area contributed by atoms with Gasteiger partial charge in [0.2, 0.25) is 0 Å². The van der Waals surface area contributed by atoms with Crippen LogP contribution in [0.25, 0.3) is 0 Å². The fourth-order valence-electron chi connectivity index (χ4n) is 2.18. The maximum absolute atomic E-state index is 12.3. The van der Waals surface area contributed by atoms with Gasteiger partial charge in [-0.25, -0.2) is 9.79 Å². The molecule has 2 aromatic heterocycles. The summed E-state index contributed by atoms with van der Waals surface area (Å²) in [6.45, 7) is 1.87. The second kappa shape index (κ2) is 4.04. The minimum absolute atomic E-state index is 0.107.